The normalized spacial score (nSPS) is 11.7. The number of sulfonamides is 1. The lowest BCUT2D eigenvalue weighted by molar-refractivity contribution is 0.563. The number of nitrogens with one attached hydrogen (secondary N) is 1. The zero-order chi connectivity index (χ0) is 14.6. The van der Waals surface area contributed by atoms with Gasteiger partial charge in [-0.15, -0.1) is 0 Å². The van der Waals surface area contributed by atoms with E-state index in [1.165, 1.54) is 16.9 Å². The van der Waals surface area contributed by atoms with Gasteiger partial charge in [-0.25, -0.2) is 13.1 Å². The number of rotatable bonds is 6. The molecule has 0 saturated heterocycles. The Bertz CT molecular complexity index is 662. The Hall–Kier alpha value is -1.70. The SMILES string of the molecule is Cn1nccc1S(=O)(=O)NCc1ccc(CCN)cc1. The number of benzene rings is 1. The molecule has 2 aromatic rings. The van der Waals surface area contributed by atoms with Crippen LogP contribution in [0, 0.1) is 0 Å². The lowest BCUT2D eigenvalue weighted by Crippen LogP contribution is -2.25. The van der Waals surface area contributed by atoms with E-state index >= 15 is 0 Å². The highest BCUT2D eigenvalue weighted by Gasteiger charge is 2.17. The van der Waals surface area contributed by atoms with Crippen LogP contribution in [0.3, 0.4) is 0 Å². The van der Waals surface area contributed by atoms with Crippen LogP contribution in [0.15, 0.2) is 41.6 Å². The monoisotopic (exact) mass is 294 g/mol. The van der Waals surface area contributed by atoms with Gasteiger partial charge in [-0.05, 0) is 30.2 Å². The Morgan fingerprint density at radius 2 is 1.85 bits per heavy atom. The molecule has 0 bridgehead atoms. The number of nitrogens with zero attached hydrogens (tertiary/aromatic N) is 2. The van der Waals surface area contributed by atoms with Gasteiger partial charge in [0.1, 0.15) is 0 Å². The van der Waals surface area contributed by atoms with Crippen molar-refractivity contribution >= 4 is 10.0 Å². The Morgan fingerprint density at radius 3 is 2.40 bits per heavy atom. The Kier molecular flexibility index (Phi) is 4.53. The van der Waals surface area contributed by atoms with Crippen LogP contribution >= 0.6 is 0 Å². The first kappa shape index (κ1) is 14.7. The van der Waals surface area contributed by atoms with Crippen molar-refractivity contribution in [2.24, 2.45) is 12.8 Å². The van der Waals surface area contributed by atoms with Crippen molar-refractivity contribution in [1.82, 2.24) is 14.5 Å². The fourth-order valence-electron chi connectivity index (χ4n) is 1.87. The second-order valence-corrected chi connectivity index (χ2v) is 6.19. The molecule has 0 spiro atoms. The average Bonchev–Trinajstić information content (AvgIpc) is 2.86. The van der Waals surface area contributed by atoms with Crippen molar-refractivity contribution in [3.8, 4) is 0 Å². The quantitative estimate of drug-likeness (QED) is 0.807. The summed E-state index contributed by atoms with van der Waals surface area (Å²) in [5.74, 6) is 0. The molecule has 0 saturated carbocycles. The van der Waals surface area contributed by atoms with Gasteiger partial charge in [0.25, 0.3) is 10.0 Å². The van der Waals surface area contributed by atoms with E-state index in [0.29, 0.717) is 6.54 Å². The summed E-state index contributed by atoms with van der Waals surface area (Å²) >= 11 is 0. The molecular weight excluding hydrogens is 276 g/mol. The van der Waals surface area contributed by atoms with Gasteiger partial charge in [-0.2, -0.15) is 5.10 Å². The summed E-state index contributed by atoms with van der Waals surface area (Å²) < 4.78 is 28.0. The first-order valence-corrected chi connectivity index (χ1v) is 7.77. The number of aryl methyl sites for hydroxylation is 1. The summed E-state index contributed by atoms with van der Waals surface area (Å²) in [5.41, 5.74) is 7.53. The zero-order valence-corrected chi connectivity index (χ0v) is 12.1. The first-order valence-electron chi connectivity index (χ1n) is 6.28. The van der Waals surface area contributed by atoms with E-state index in [1.54, 1.807) is 7.05 Å². The van der Waals surface area contributed by atoms with Crippen LogP contribution < -0.4 is 10.5 Å². The van der Waals surface area contributed by atoms with E-state index in [4.69, 9.17) is 5.73 Å². The van der Waals surface area contributed by atoms with Crippen molar-refractivity contribution in [3.05, 3.63) is 47.7 Å². The van der Waals surface area contributed by atoms with Crippen LogP contribution in [-0.4, -0.2) is 24.7 Å². The van der Waals surface area contributed by atoms with Crippen LogP contribution in [0.25, 0.3) is 0 Å². The van der Waals surface area contributed by atoms with Gasteiger partial charge in [0, 0.05) is 13.6 Å². The van der Waals surface area contributed by atoms with E-state index < -0.39 is 10.0 Å². The van der Waals surface area contributed by atoms with E-state index in [-0.39, 0.29) is 11.6 Å². The van der Waals surface area contributed by atoms with Crippen molar-refractivity contribution in [1.29, 1.82) is 0 Å². The summed E-state index contributed by atoms with van der Waals surface area (Å²) in [5, 5.41) is 4.01. The molecule has 0 fully saturated rings. The van der Waals surface area contributed by atoms with E-state index in [9.17, 15) is 8.42 Å². The highest BCUT2D eigenvalue weighted by atomic mass is 32.2. The maximum atomic E-state index is 12.1. The third-order valence-corrected chi connectivity index (χ3v) is 4.45. The lowest BCUT2D eigenvalue weighted by atomic mass is 10.1. The summed E-state index contributed by atoms with van der Waals surface area (Å²) in [4.78, 5) is 0. The molecule has 0 aliphatic rings. The summed E-state index contributed by atoms with van der Waals surface area (Å²) in [6.45, 7) is 0.850. The van der Waals surface area contributed by atoms with Crippen molar-refractivity contribution in [2.75, 3.05) is 6.54 Å². The van der Waals surface area contributed by atoms with Crippen LogP contribution in [-0.2, 0) is 30.0 Å². The molecule has 0 aliphatic heterocycles. The van der Waals surface area contributed by atoms with Crippen molar-refractivity contribution in [2.45, 2.75) is 18.0 Å². The Labute approximate surface area is 118 Å². The predicted octanol–water partition coefficient (Wildman–Crippen LogP) is 0.400. The summed E-state index contributed by atoms with van der Waals surface area (Å²) in [7, 11) is -1.94. The van der Waals surface area contributed by atoms with Crippen molar-refractivity contribution < 1.29 is 8.42 Å². The molecule has 0 unspecified atom stereocenters. The predicted molar refractivity (Wildman–Crippen MR) is 76.4 cm³/mol. The Balaban J connectivity index is 2.03. The molecule has 1 heterocycles. The molecule has 3 N–H and O–H groups in total. The molecule has 6 nitrogen and oxygen atoms in total. The topological polar surface area (TPSA) is 90.0 Å². The maximum absolute atomic E-state index is 12.1. The molecule has 20 heavy (non-hydrogen) atoms. The molecule has 0 radical (unpaired) electrons. The summed E-state index contributed by atoms with van der Waals surface area (Å²) in [6.07, 6.45) is 2.28. The molecule has 1 aromatic carbocycles. The fourth-order valence-corrected chi connectivity index (χ4v) is 3.01. The van der Waals surface area contributed by atoms with E-state index in [1.807, 2.05) is 24.3 Å². The third kappa shape index (κ3) is 3.44. The van der Waals surface area contributed by atoms with Crippen LogP contribution in [0.1, 0.15) is 11.1 Å². The van der Waals surface area contributed by atoms with Gasteiger partial charge in [0.05, 0.1) is 6.20 Å². The number of aromatic nitrogens is 2. The summed E-state index contributed by atoms with van der Waals surface area (Å²) in [6, 6.07) is 9.18. The molecular formula is C13H18N4O2S. The number of nitrogens with two attached hydrogens (primary N) is 1. The third-order valence-electron chi connectivity index (χ3n) is 2.97. The van der Waals surface area contributed by atoms with Crippen LogP contribution in [0.2, 0.25) is 0 Å². The van der Waals surface area contributed by atoms with E-state index in [0.717, 1.165) is 17.5 Å². The maximum Gasteiger partial charge on any atom is 0.258 e. The number of hydrogen-bond donors (Lipinski definition) is 2. The average molecular weight is 294 g/mol. The second-order valence-electron chi connectivity index (χ2n) is 4.47. The minimum atomic E-state index is -3.54. The second kappa shape index (κ2) is 6.17. The van der Waals surface area contributed by atoms with Gasteiger partial charge < -0.3 is 5.73 Å². The zero-order valence-electron chi connectivity index (χ0n) is 11.3. The van der Waals surface area contributed by atoms with Crippen LogP contribution in [0.4, 0.5) is 0 Å². The highest BCUT2D eigenvalue weighted by molar-refractivity contribution is 7.89. The molecule has 0 aliphatic carbocycles. The minimum Gasteiger partial charge on any atom is -0.330 e. The van der Waals surface area contributed by atoms with Gasteiger partial charge >= 0.3 is 0 Å². The smallest absolute Gasteiger partial charge is 0.258 e. The van der Waals surface area contributed by atoms with E-state index in [2.05, 4.69) is 9.82 Å². The standard InChI is InChI=1S/C13H18N4O2S/c1-17-13(7-9-15-17)20(18,19)16-10-12-4-2-11(3-5-12)6-8-14/h2-5,7,9,16H,6,8,10,14H2,1H3. The molecule has 2 rings (SSSR count). The minimum absolute atomic E-state index is 0.150. The van der Waals surface area contributed by atoms with Gasteiger partial charge in [0.15, 0.2) is 5.03 Å². The van der Waals surface area contributed by atoms with Gasteiger partial charge in [-0.3, -0.25) is 4.68 Å². The van der Waals surface area contributed by atoms with Gasteiger partial charge in [-0.1, -0.05) is 24.3 Å². The van der Waals surface area contributed by atoms with Gasteiger partial charge in [0.2, 0.25) is 0 Å². The largest absolute Gasteiger partial charge is 0.330 e. The lowest BCUT2D eigenvalue weighted by Gasteiger charge is -2.07. The number of hydrogen-bond acceptors (Lipinski definition) is 4. The Morgan fingerprint density at radius 1 is 1.20 bits per heavy atom. The first-order chi connectivity index (χ1) is 9.53. The van der Waals surface area contributed by atoms with Crippen LogP contribution in [0.5, 0.6) is 0 Å². The van der Waals surface area contributed by atoms with Crippen molar-refractivity contribution in [3.63, 3.8) is 0 Å². The molecule has 0 amide bonds. The molecule has 0 atom stereocenters. The fraction of sp³-hybridized carbons (Fsp3) is 0.308. The molecule has 7 heteroatoms. The molecule has 1 aromatic heterocycles. The highest BCUT2D eigenvalue weighted by Crippen LogP contribution is 2.09. The molecule has 108 valence electrons.